The lowest BCUT2D eigenvalue weighted by atomic mass is 10.1. The van der Waals surface area contributed by atoms with Gasteiger partial charge in [-0.3, -0.25) is 4.79 Å². The summed E-state index contributed by atoms with van der Waals surface area (Å²) in [5.41, 5.74) is 2.45. The van der Waals surface area contributed by atoms with Crippen LogP contribution in [0, 0.1) is 0 Å². The van der Waals surface area contributed by atoms with E-state index in [4.69, 9.17) is 9.47 Å². The number of hydrogen-bond donors (Lipinski definition) is 0. The lowest BCUT2D eigenvalue weighted by molar-refractivity contribution is -0.128. The predicted molar refractivity (Wildman–Crippen MR) is 111 cm³/mol. The Morgan fingerprint density at radius 1 is 0.966 bits per heavy atom. The summed E-state index contributed by atoms with van der Waals surface area (Å²) >= 11 is 0. The Bertz CT molecular complexity index is 1040. The Morgan fingerprint density at radius 3 is 2.41 bits per heavy atom. The van der Waals surface area contributed by atoms with Gasteiger partial charge in [0.25, 0.3) is 0 Å². The minimum absolute atomic E-state index is 0.197. The zero-order valence-corrected chi connectivity index (χ0v) is 16.4. The number of nitrogens with zero attached hydrogens (tertiary/aromatic N) is 1. The predicted octanol–water partition coefficient (Wildman–Crippen LogP) is 4.33. The first kappa shape index (κ1) is 19.0. The Labute approximate surface area is 169 Å². The van der Waals surface area contributed by atoms with E-state index >= 15 is 0 Å². The molecule has 0 spiro atoms. The smallest absolute Gasteiger partial charge is 0.338 e. The summed E-state index contributed by atoms with van der Waals surface area (Å²) in [6.45, 7) is 1.61. The number of benzene rings is 3. The van der Waals surface area contributed by atoms with Crippen LogP contribution in [-0.4, -0.2) is 30.4 Å². The molecular formula is C24H23NO4. The average Bonchev–Trinajstić information content (AvgIpc) is 3.16. The van der Waals surface area contributed by atoms with Crippen molar-refractivity contribution in [3.05, 3.63) is 77.4 Å². The van der Waals surface area contributed by atoms with Crippen LogP contribution in [0.25, 0.3) is 10.8 Å². The molecular weight excluding hydrogens is 366 g/mol. The van der Waals surface area contributed by atoms with Crippen molar-refractivity contribution in [1.29, 1.82) is 0 Å². The summed E-state index contributed by atoms with van der Waals surface area (Å²) in [6.07, 6.45) is 1.55. The summed E-state index contributed by atoms with van der Waals surface area (Å²) in [7, 11) is 1.65. The number of carbonyl (C=O) groups is 2. The van der Waals surface area contributed by atoms with E-state index in [1.54, 1.807) is 19.2 Å². The van der Waals surface area contributed by atoms with Crippen LogP contribution in [0.4, 0.5) is 0 Å². The van der Waals surface area contributed by atoms with Crippen molar-refractivity contribution in [1.82, 2.24) is 4.90 Å². The highest BCUT2D eigenvalue weighted by Crippen LogP contribution is 2.22. The normalized spacial score (nSPS) is 13.7. The molecule has 4 rings (SSSR count). The molecule has 1 amide bonds. The summed E-state index contributed by atoms with van der Waals surface area (Å²) in [5.74, 6) is 0.653. The molecule has 1 saturated heterocycles. The van der Waals surface area contributed by atoms with E-state index in [0.717, 1.165) is 40.6 Å². The van der Waals surface area contributed by atoms with Crippen molar-refractivity contribution >= 4 is 22.6 Å². The van der Waals surface area contributed by atoms with Crippen LogP contribution < -0.4 is 4.74 Å². The van der Waals surface area contributed by atoms with Gasteiger partial charge in [-0.1, -0.05) is 30.3 Å². The van der Waals surface area contributed by atoms with Crippen molar-refractivity contribution < 1.29 is 19.1 Å². The second-order valence-corrected chi connectivity index (χ2v) is 7.24. The molecule has 0 aromatic heterocycles. The Kier molecular flexibility index (Phi) is 5.47. The maximum atomic E-state index is 12.4. The minimum Gasteiger partial charge on any atom is -0.497 e. The van der Waals surface area contributed by atoms with E-state index in [1.807, 2.05) is 53.4 Å². The van der Waals surface area contributed by atoms with E-state index in [1.165, 1.54) is 0 Å². The average molecular weight is 389 g/mol. The van der Waals surface area contributed by atoms with Crippen molar-refractivity contribution in [2.75, 3.05) is 13.7 Å². The highest BCUT2D eigenvalue weighted by Gasteiger charge is 2.20. The Morgan fingerprint density at radius 2 is 1.69 bits per heavy atom. The number of carbonyl (C=O) groups excluding carboxylic acids is 2. The molecule has 0 aliphatic carbocycles. The second kappa shape index (κ2) is 8.35. The summed E-state index contributed by atoms with van der Waals surface area (Å²) in [4.78, 5) is 26.0. The molecule has 1 heterocycles. The topological polar surface area (TPSA) is 55.8 Å². The molecule has 0 radical (unpaired) electrons. The van der Waals surface area contributed by atoms with Gasteiger partial charge >= 0.3 is 5.97 Å². The van der Waals surface area contributed by atoms with Crippen molar-refractivity contribution in [2.45, 2.75) is 26.0 Å². The van der Waals surface area contributed by atoms with Gasteiger partial charge in [0.1, 0.15) is 12.4 Å². The van der Waals surface area contributed by atoms with Gasteiger partial charge in [-0.05, 0) is 58.7 Å². The molecule has 0 atom stereocenters. The van der Waals surface area contributed by atoms with Crippen LogP contribution in [0.2, 0.25) is 0 Å². The first-order chi connectivity index (χ1) is 14.1. The molecule has 29 heavy (non-hydrogen) atoms. The minimum atomic E-state index is -0.358. The lowest BCUT2D eigenvalue weighted by Crippen LogP contribution is -2.23. The van der Waals surface area contributed by atoms with E-state index in [9.17, 15) is 9.59 Å². The van der Waals surface area contributed by atoms with Crippen molar-refractivity contribution in [2.24, 2.45) is 0 Å². The molecule has 0 unspecified atom stereocenters. The third kappa shape index (κ3) is 4.40. The Hall–Kier alpha value is -3.34. The number of ether oxygens (including phenoxy) is 2. The SMILES string of the molecule is COc1ccc2cc(COC(=O)c3ccc(CN4CCCC4=O)cc3)ccc2c1. The van der Waals surface area contributed by atoms with Crippen LogP contribution in [0.1, 0.15) is 34.3 Å². The van der Waals surface area contributed by atoms with Gasteiger partial charge < -0.3 is 14.4 Å². The van der Waals surface area contributed by atoms with Gasteiger partial charge in [0, 0.05) is 19.5 Å². The van der Waals surface area contributed by atoms with Gasteiger partial charge in [0.05, 0.1) is 12.7 Å². The number of esters is 1. The molecule has 3 aromatic rings. The molecule has 1 aliphatic rings. The quantitative estimate of drug-likeness (QED) is 0.589. The number of amides is 1. The van der Waals surface area contributed by atoms with E-state index < -0.39 is 0 Å². The third-order valence-corrected chi connectivity index (χ3v) is 5.22. The van der Waals surface area contributed by atoms with Gasteiger partial charge in [0.2, 0.25) is 5.91 Å². The van der Waals surface area contributed by atoms with Crippen LogP contribution in [0.15, 0.2) is 60.7 Å². The molecule has 0 N–H and O–H groups in total. The van der Waals surface area contributed by atoms with Gasteiger partial charge in [0.15, 0.2) is 0 Å². The maximum absolute atomic E-state index is 12.4. The summed E-state index contributed by atoms with van der Waals surface area (Å²) in [5, 5.41) is 2.15. The molecule has 0 saturated carbocycles. The fraction of sp³-hybridized carbons (Fsp3) is 0.250. The third-order valence-electron chi connectivity index (χ3n) is 5.22. The molecule has 0 bridgehead atoms. The monoisotopic (exact) mass is 389 g/mol. The zero-order valence-electron chi connectivity index (χ0n) is 16.4. The first-order valence-corrected chi connectivity index (χ1v) is 9.73. The second-order valence-electron chi connectivity index (χ2n) is 7.24. The van der Waals surface area contributed by atoms with E-state index in [2.05, 4.69) is 0 Å². The Balaban J connectivity index is 1.36. The highest BCUT2D eigenvalue weighted by molar-refractivity contribution is 5.89. The summed E-state index contributed by atoms with van der Waals surface area (Å²) in [6, 6.07) is 19.1. The first-order valence-electron chi connectivity index (χ1n) is 9.73. The molecule has 1 aliphatic heterocycles. The fourth-order valence-corrected chi connectivity index (χ4v) is 3.56. The molecule has 5 nitrogen and oxygen atoms in total. The van der Waals surface area contributed by atoms with Crippen LogP contribution in [0.3, 0.4) is 0 Å². The molecule has 148 valence electrons. The van der Waals surface area contributed by atoms with Crippen LogP contribution >= 0.6 is 0 Å². The van der Waals surface area contributed by atoms with Crippen LogP contribution in [0.5, 0.6) is 5.75 Å². The molecule has 3 aromatic carbocycles. The fourth-order valence-electron chi connectivity index (χ4n) is 3.56. The zero-order chi connectivity index (χ0) is 20.2. The number of fused-ring (bicyclic) bond motifs is 1. The maximum Gasteiger partial charge on any atom is 0.338 e. The molecule has 1 fully saturated rings. The van der Waals surface area contributed by atoms with E-state index in [0.29, 0.717) is 18.5 Å². The standard InChI is InChI=1S/C24H23NO4/c1-28-22-11-10-20-13-18(6-9-21(20)14-22)16-29-24(27)19-7-4-17(5-8-19)15-25-12-2-3-23(25)26/h4-11,13-14H,2-3,12,15-16H2,1H3. The molecule has 5 heteroatoms. The van der Waals surface area contributed by atoms with Gasteiger partial charge in [-0.15, -0.1) is 0 Å². The van der Waals surface area contributed by atoms with E-state index in [-0.39, 0.29) is 18.5 Å². The number of likely N-dealkylation sites (tertiary alicyclic amines) is 1. The highest BCUT2D eigenvalue weighted by atomic mass is 16.5. The number of rotatable bonds is 6. The van der Waals surface area contributed by atoms with Crippen LogP contribution in [-0.2, 0) is 22.7 Å². The van der Waals surface area contributed by atoms with Gasteiger partial charge in [-0.2, -0.15) is 0 Å². The summed E-state index contributed by atoms with van der Waals surface area (Å²) < 4.78 is 10.7. The number of hydrogen-bond acceptors (Lipinski definition) is 4. The largest absolute Gasteiger partial charge is 0.497 e. The lowest BCUT2D eigenvalue weighted by Gasteiger charge is -2.15. The van der Waals surface area contributed by atoms with Crippen molar-refractivity contribution in [3.63, 3.8) is 0 Å². The number of methoxy groups -OCH3 is 1. The van der Waals surface area contributed by atoms with Gasteiger partial charge in [-0.25, -0.2) is 4.79 Å². The van der Waals surface area contributed by atoms with Crippen molar-refractivity contribution in [3.8, 4) is 5.75 Å².